The molecule has 0 N–H and O–H groups in total. The molecule has 2 rings (SSSR count). The van der Waals surface area contributed by atoms with E-state index < -0.39 is 0 Å². The van der Waals surface area contributed by atoms with Crippen LogP contribution in [0.15, 0.2) is 12.4 Å². The number of likely N-dealkylation sites (tertiary alicyclic amines) is 1. The highest BCUT2D eigenvalue weighted by Gasteiger charge is 2.29. The number of rotatable bonds is 3. The Balaban J connectivity index is 2.00. The zero-order valence-corrected chi connectivity index (χ0v) is 10.9. The van der Waals surface area contributed by atoms with Crippen LogP contribution < -0.4 is 0 Å². The van der Waals surface area contributed by atoms with Crippen molar-refractivity contribution in [3.8, 4) is 0 Å². The first kappa shape index (κ1) is 11.1. The van der Waals surface area contributed by atoms with Crippen molar-refractivity contribution < 1.29 is 0 Å². The molecule has 15 heavy (non-hydrogen) atoms. The van der Waals surface area contributed by atoms with Gasteiger partial charge in [-0.15, -0.1) is 0 Å². The maximum Gasteiger partial charge on any atom is 0.0534 e. The van der Waals surface area contributed by atoms with Crippen molar-refractivity contribution >= 4 is 15.9 Å². The van der Waals surface area contributed by atoms with E-state index in [1.165, 1.54) is 18.5 Å². The first-order valence-corrected chi connectivity index (χ1v) is 6.60. The molecular weight excluding hydrogens is 254 g/mol. The number of aryl methyl sites for hydroxylation is 1. The second-order valence-electron chi connectivity index (χ2n) is 4.48. The van der Waals surface area contributed by atoms with Gasteiger partial charge in [-0.3, -0.25) is 9.58 Å². The predicted octanol–water partition coefficient (Wildman–Crippen LogP) is 2.03. The van der Waals surface area contributed by atoms with Crippen molar-refractivity contribution in [1.82, 2.24) is 14.7 Å². The van der Waals surface area contributed by atoms with Gasteiger partial charge in [0.2, 0.25) is 0 Å². The molecule has 2 atom stereocenters. The summed E-state index contributed by atoms with van der Waals surface area (Å²) >= 11 is 3.61. The van der Waals surface area contributed by atoms with Gasteiger partial charge in [-0.05, 0) is 18.9 Å². The van der Waals surface area contributed by atoms with Gasteiger partial charge < -0.3 is 0 Å². The quantitative estimate of drug-likeness (QED) is 0.785. The van der Waals surface area contributed by atoms with E-state index >= 15 is 0 Å². The number of alkyl halides is 1. The Morgan fingerprint density at radius 2 is 2.40 bits per heavy atom. The first-order chi connectivity index (χ1) is 7.20. The first-order valence-electron chi connectivity index (χ1n) is 5.48. The molecule has 0 aromatic carbocycles. The average Bonchev–Trinajstić information content (AvgIpc) is 2.75. The summed E-state index contributed by atoms with van der Waals surface area (Å²) in [6.07, 6.45) is 5.39. The lowest BCUT2D eigenvalue weighted by Gasteiger charge is -2.24. The lowest BCUT2D eigenvalue weighted by Crippen LogP contribution is -2.32. The summed E-state index contributed by atoms with van der Waals surface area (Å²) < 4.78 is 1.87. The van der Waals surface area contributed by atoms with Gasteiger partial charge >= 0.3 is 0 Å². The Morgan fingerprint density at radius 3 is 3.00 bits per heavy atom. The molecule has 3 nitrogen and oxygen atoms in total. The van der Waals surface area contributed by atoms with Gasteiger partial charge in [-0.1, -0.05) is 22.9 Å². The van der Waals surface area contributed by atoms with E-state index in [2.05, 4.69) is 39.0 Å². The minimum Gasteiger partial charge on any atom is -0.295 e. The Labute approximate surface area is 99.6 Å². The van der Waals surface area contributed by atoms with Gasteiger partial charge in [0.1, 0.15) is 0 Å². The molecule has 0 spiro atoms. The molecular formula is C11H18BrN3. The van der Waals surface area contributed by atoms with Crippen LogP contribution in [0.25, 0.3) is 0 Å². The summed E-state index contributed by atoms with van der Waals surface area (Å²) in [5, 5.41) is 5.28. The van der Waals surface area contributed by atoms with Gasteiger partial charge in [0.15, 0.2) is 0 Å². The van der Waals surface area contributed by atoms with Crippen molar-refractivity contribution in [3.63, 3.8) is 0 Å². The molecule has 0 radical (unpaired) electrons. The van der Waals surface area contributed by atoms with Gasteiger partial charge in [0.25, 0.3) is 0 Å². The lowest BCUT2D eigenvalue weighted by atomic mass is 10.1. The number of halogens is 1. The van der Waals surface area contributed by atoms with Crippen molar-refractivity contribution in [2.45, 2.75) is 25.9 Å². The molecule has 0 saturated carbocycles. The SMILES string of the molecule is CC1CCN(Cc2cnn(C)c2)C1CBr. The second kappa shape index (κ2) is 4.66. The second-order valence-corrected chi connectivity index (χ2v) is 5.13. The van der Waals surface area contributed by atoms with E-state index in [4.69, 9.17) is 0 Å². The Hall–Kier alpha value is -0.350. The maximum atomic E-state index is 4.21. The molecule has 1 saturated heterocycles. The molecule has 0 bridgehead atoms. The maximum absolute atomic E-state index is 4.21. The highest BCUT2D eigenvalue weighted by molar-refractivity contribution is 9.09. The van der Waals surface area contributed by atoms with Crippen LogP contribution in [-0.4, -0.2) is 32.6 Å². The standard InChI is InChI=1S/C11H18BrN3/c1-9-3-4-15(11(9)5-12)8-10-6-13-14(2)7-10/h6-7,9,11H,3-5,8H2,1-2H3. The Kier molecular flexibility index (Phi) is 3.46. The van der Waals surface area contributed by atoms with Crippen molar-refractivity contribution in [3.05, 3.63) is 18.0 Å². The highest BCUT2D eigenvalue weighted by atomic mass is 79.9. The summed E-state index contributed by atoms with van der Waals surface area (Å²) in [5.41, 5.74) is 1.32. The van der Waals surface area contributed by atoms with Gasteiger partial charge in [0.05, 0.1) is 6.20 Å². The fraction of sp³-hybridized carbons (Fsp3) is 0.727. The molecule has 0 aliphatic carbocycles. The van der Waals surface area contributed by atoms with Gasteiger partial charge in [0, 0.05) is 36.7 Å². The van der Waals surface area contributed by atoms with Crippen LogP contribution in [0.5, 0.6) is 0 Å². The van der Waals surface area contributed by atoms with Crippen LogP contribution in [-0.2, 0) is 13.6 Å². The van der Waals surface area contributed by atoms with Crippen LogP contribution in [0.2, 0.25) is 0 Å². The Bertz CT molecular complexity index is 323. The minimum atomic E-state index is 0.685. The molecule has 1 aromatic rings. The number of hydrogen-bond donors (Lipinski definition) is 0. The normalized spacial score (nSPS) is 27.4. The summed E-state index contributed by atoms with van der Waals surface area (Å²) in [7, 11) is 1.97. The fourth-order valence-electron chi connectivity index (χ4n) is 2.32. The van der Waals surface area contributed by atoms with Crippen molar-refractivity contribution in [1.29, 1.82) is 0 Å². The molecule has 2 heterocycles. The smallest absolute Gasteiger partial charge is 0.0534 e. The third kappa shape index (κ3) is 2.42. The van der Waals surface area contributed by atoms with Gasteiger partial charge in [-0.25, -0.2) is 0 Å². The zero-order chi connectivity index (χ0) is 10.8. The zero-order valence-electron chi connectivity index (χ0n) is 9.36. The largest absolute Gasteiger partial charge is 0.295 e. The van der Waals surface area contributed by atoms with E-state index in [0.717, 1.165) is 17.8 Å². The number of nitrogens with zero attached hydrogens (tertiary/aromatic N) is 3. The topological polar surface area (TPSA) is 21.1 Å². The minimum absolute atomic E-state index is 0.685. The van der Waals surface area contributed by atoms with E-state index in [-0.39, 0.29) is 0 Å². The molecule has 84 valence electrons. The van der Waals surface area contributed by atoms with Crippen molar-refractivity contribution in [2.75, 3.05) is 11.9 Å². The molecule has 0 amide bonds. The van der Waals surface area contributed by atoms with E-state index in [9.17, 15) is 0 Å². The summed E-state index contributed by atoms with van der Waals surface area (Å²) in [4.78, 5) is 2.55. The molecule has 1 fully saturated rings. The summed E-state index contributed by atoms with van der Waals surface area (Å²) in [5.74, 6) is 0.807. The number of aromatic nitrogens is 2. The molecule has 2 unspecified atom stereocenters. The fourth-order valence-corrected chi connectivity index (χ4v) is 3.37. The van der Waals surface area contributed by atoms with Crippen molar-refractivity contribution in [2.24, 2.45) is 13.0 Å². The van der Waals surface area contributed by atoms with Crippen LogP contribution in [0.3, 0.4) is 0 Å². The lowest BCUT2D eigenvalue weighted by molar-refractivity contribution is 0.244. The van der Waals surface area contributed by atoms with Crippen LogP contribution in [0.1, 0.15) is 18.9 Å². The van der Waals surface area contributed by atoms with Crippen LogP contribution >= 0.6 is 15.9 Å². The molecule has 1 aliphatic rings. The average molecular weight is 272 g/mol. The third-order valence-corrected chi connectivity index (χ3v) is 3.96. The monoisotopic (exact) mass is 271 g/mol. The molecule has 1 aliphatic heterocycles. The van der Waals surface area contributed by atoms with Gasteiger partial charge in [-0.2, -0.15) is 5.10 Å². The van der Waals surface area contributed by atoms with E-state index in [1.807, 2.05) is 17.9 Å². The van der Waals surface area contributed by atoms with Crippen LogP contribution in [0, 0.1) is 5.92 Å². The molecule has 1 aromatic heterocycles. The molecule has 4 heteroatoms. The van der Waals surface area contributed by atoms with E-state index in [1.54, 1.807) is 0 Å². The summed E-state index contributed by atoms with van der Waals surface area (Å²) in [6, 6.07) is 0.685. The third-order valence-electron chi connectivity index (χ3n) is 3.30. The predicted molar refractivity (Wildman–Crippen MR) is 65.0 cm³/mol. The van der Waals surface area contributed by atoms with E-state index in [0.29, 0.717) is 6.04 Å². The highest BCUT2D eigenvalue weighted by Crippen LogP contribution is 2.26. The number of hydrogen-bond acceptors (Lipinski definition) is 2. The van der Waals surface area contributed by atoms with Crippen LogP contribution in [0.4, 0.5) is 0 Å². The summed E-state index contributed by atoms with van der Waals surface area (Å²) in [6.45, 7) is 4.59. The Morgan fingerprint density at radius 1 is 1.60 bits per heavy atom.